The standard InChI is InChI=1S/C37H39Cl2N7O3/c1-48-24-7-11-31-28(19-24)35(26-9-5-22(38)17-33(26)44-31)42-13-3-15-46(37(47)30(41)21-40)16-4-14-43-36-27-10-6-23(39)18-34(27)45-32-12-8-25(49-2)20-29(32)36/h5-12,17-20,30H,3-4,13-16,21,40-41H2,1-2H3,(H,42,44)(H,43,45). The van der Waals surface area contributed by atoms with Crippen LogP contribution in [-0.4, -0.2) is 73.8 Å². The van der Waals surface area contributed by atoms with Gasteiger partial charge in [-0.3, -0.25) is 4.79 Å². The maximum Gasteiger partial charge on any atom is 0.240 e. The molecule has 2 aromatic heterocycles. The highest BCUT2D eigenvalue weighted by molar-refractivity contribution is 6.32. The topological polar surface area (TPSA) is 141 Å². The summed E-state index contributed by atoms with van der Waals surface area (Å²) in [5, 5.41) is 12.2. The molecular weight excluding hydrogens is 661 g/mol. The molecule has 12 heteroatoms. The summed E-state index contributed by atoms with van der Waals surface area (Å²) in [4.78, 5) is 24.7. The fourth-order valence-electron chi connectivity index (χ4n) is 6.06. The molecule has 6 rings (SSSR count). The zero-order valence-electron chi connectivity index (χ0n) is 27.4. The molecular formula is C37H39Cl2N7O3. The number of carbonyl (C=O) groups is 1. The van der Waals surface area contributed by atoms with Crippen LogP contribution in [0.3, 0.4) is 0 Å². The van der Waals surface area contributed by atoms with Gasteiger partial charge in [-0.1, -0.05) is 23.2 Å². The van der Waals surface area contributed by atoms with Crippen molar-refractivity contribution in [2.45, 2.75) is 18.9 Å². The largest absolute Gasteiger partial charge is 0.497 e. The van der Waals surface area contributed by atoms with Gasteiger partial charge in [-0.2, -0.15) is 0 Å². The highest BCUT2D eigenvalue weighted by atomic mass is 35.5. The van der Waals surface area contributed by atoms with E-state index in [1.54, 1.807) is 19.1 Å². The van der Waals surface area contributed by atoms with Crippen LogP contribution in [0.4, 0.5) is 11.4 Å². The third kappa shape index (κ3) is 7.52. The molecule has 0 bridgehead atoms. The summed E-state index contributed by atoms with van der Waals surface area (Å²) in [6, 6.07) is 22.2. The zero-order valence-corrected chi connectivity index (χ0v) is 28.9. The van der Waals surface area contributed by atoms with E-state index in [0.717, 1.165) is 66.5 Å². The smallest absolute Gasteiger partial charge is 0.240 e. The van der Waals surface area contributed by atoms with Crippen LogP contribution < -0.4 is 31.6 Å². The number of amides is 1. The van der Waals surface area contributed by atoms with Gasteiger partial charge in [-0.05, 0) is 85.6 Å². The molecule has 10 nitrogen and oxygen atoms in total. The number of hydrogen-bond acceptors (Lipinski definition) is 9. The summed E-state index contributed by atoms with van der Waals surface area (Å²) in [6.45, 7) is 2.30. The normalized spacial score (nSPS) is 12.0. The quantitative estimate of drug-likeness (QED) is 0.0711. The van der Waals surface area contributed by atoms with Crippen molar-refractivity contribution >= 4 is 84.1 Å². The van der Waals surface area contributed by atoms with E-state index in [1.807, 2.05) is 72.8 Å². The Kier molecular flexibility index (Phi) is 10.7. The Bertz CT molecular complexity index is 2000. The molecule has 6 N–H and O–H groups in total. The van der Waals surface area contributed by atoms with Gasteiger partial charge in [0.05, 0.1) is 53.7 Å². The van der Waals surface area contributed by atoms with Gasteiger partial charge >= 0.3 is 0 Å². The number of anilines is 2. The van der Waals surface area contributed by atoms with Crippen molar-refractivity contribution in [1.29, 1.82) is 0 Å². The first-order chi connectivity index (χ1) is 23.8. The molecule has 2 heterocycles. The molecule has 1 amide bonds. The number of hydrogen-bond donors (Lipinski definition) is 4. The summed E-state index contributed by atoms with van der Waals surface area (Å²) in [7, 11) is 3.29. The molecule has 0 fully saturated rings. The van der Waals surface area contributed by atoms with Gasteiger partial charge in [0.25, 0.3) is 0 Å². The molecule has 1 unspecified atom stereocenters. The second-order valence-electron chi connectivity index (χ2n) is 11.8. The van der Waals surface area contributed by atoms with E-state index in [4.69, 9.17) is 54.1 Å². The zero-order chi connectivity index (χ0) is 34.5. The van der Waals surface area contributed by atoms with Crippen molar-refractivity contribution in [3.63, 3.8) is 0 Å². The number of pyridine rings is 2. The van der Waals surface area contributed by atoms with E-state index in [2.05, 4.69) is 10.6 Å². The first-order valence-electron chi connectivity index (χ1n) is 16.2. The van der Waals surface area contributed by atoms with Gasteiger partial charge in [-0.15, -0.1) is 0 Å². The molecule has 0 radical (unpaired) electrons. The van der Waals surface area contributed by atoms with Gasteiger partial charge in [0.15, 0.2) is 0 Å². The molecule has 0 aliphatic rings. The number of methoxy groups -OCH3 is 2. The fraction of sp³-hybridized carbons (Fsp3) is 0.270. The summed E-state index contributed by atoms with van der Waals surface area (Å²) in [5.74, 6) is 1.31. The van der Waals surface area contributed by atoms with Crippen LogP contribution >= 0.6 is 23.2 Å². The Balaban J connectivity index is 1.16. The van der Waals surface area contributed by atoms with E-state index in [9.17, 15) is 4.79 Å². The lowest BCUT2D eigenvalue weighted by molar-refractivity contribution is -0.132. The Morgan fingerprint density at radius 3 is 1.61 bits per heavy atom. The van der Waals surface area contributed by atoms with Crippen molar-refractivity contribution < 1.29 is 14.3 Å². The maximum absolute atomic E-state index is 13.3. The van der Waals surface area contributed by atoms with Gasteiger partial charge in [-0.25, -0.2) is 9.97 Å². The van der Waals surface area contributed by atoms with Crippen LogP contribution in [0.2, 0.25) is 10.0 Å². The molecule has 0 saturated carbocycles. The predicted octanol–water partition coefficient (Wildman–Crippen LogP) is 6.83. The Morgan fingerprint density at radius 2 is 1.18 bits per heavy atom. The molecule has 49 heavy (non-hydrogen) atoms. The highest BCUT2D eigenvalue weighted by Crippen LogP contribution is 2.35. The second-order valence-corrected chi connectivity index (χ2v) is 12.7. The van der Waals surface area contributed by atoms with Gasteiger partial charge < -0.3 is 36.5 Å². The van der Waals surface area contributed by atoms with Crippen molar-refractivity contribution in [2.75, 3.05) is 57.6 Å². The maximum atomic E-state index is 13.3. The lowest BCUT2D eigenvalue weighted by atomic mass is 10.1. The first-order valence-corrected chi connectivity index (χ1v) is 16.9. The van der Waals surface area contributed by atoms with Crippen LogP contribution in [0.1, 0.15) is 12.8 Å². The monoisotopic (exact) mass is 699 g/mol. The van der Waals surface area contributed by atoms with Crippen molar-refractivity contribution in [2.24, 2.45) is 11.5 Å². The summed E-state index contributed by atoms with van der Waals surface area (Å²) in [5.41, 5.74) is 17.0. The average Bonchev–Trinajstić information content (AvgIpc) is 3.11. The van der Waals surface area contributed by atoms with E-state index in [1.165, 1.54) is 0 Å². The number of ether oxygens (including phenoxy) is 2. The highest BCUT2D eigenvalue weighted by Gasteiger charge is 2.20. The predicted molar refractivity (Wildman–Crippen MR) is 201 cm³/mol. The van der Waals surface area contributed by atoms with E-state index in [-0.39, 0.29) is 12.5 Å². The van der Waals surface area contributed by atoms with Crippen molar-refractivity contribution in [1.82, 2.24) is 14.9 Å². The molecule has 254 valence electrons. The van der Waals surface area contributed by atoms with E-state index >= 15 is 0 Å². The third-order valence-electron chi connectivity index (χ3n) is 8.58. The van der Waals surface area contributed by atoms with Crippen LogP contribution in [0.5, 0.6) is 11.5 Å². The number of fused-ring (bicyclic) bond motifs is 4. The van der Waals surface area contributed by atoms with Crippen LogP contribution in [0, 0.1) is 0 Å². The number of nitrogens with two attached hydrogens (primary N) is 2. The number of carbonyl (C=O) groups excluding carboxylic acids is 1. The summed E-state index contributed by atoms with van der Waals surface area (Å²) < 4.78 is 11.0. The van der Waals surface area contributed by atoms with Gasteiger partial charge in [0.2, 0.25) is 5.91 Å². The molecule has 0 aliphatic heterocycles. The lowest BCUT2D eigenvalue weighted by Crippen LogP contribution is -2.48. The number of nitrogens with zero attached hydrogens (tertiary/aromatic N) is 3. The Labute approximate surface area is 294 Å². The van der Waals surface area contributed by atoms with E-state index in [0.29, 0.717) is 49.1 Å². The molecule has 6 aromatic rings. The molecule has 0 saturated heterocycles. The minimum Gasteiger partial charge on any atom is -0.497 e. The van der Waals surface area contributed by atoms with Crippen LogP contribution in [0.15, 0.2) is 72.8 Å². The van der Waals surface area contributed by atoms with Crippen molar-refractivity contribution in [3.8, 4) is 11.5 Å². The van der Waals surface area contributed by atoms with Crippen LogP contribution in [-0.2, 0) is 4.79 Å². The minimum absolute atomic E-state index is 0.0740. The number of nitrogens with one attached hydrogen (secondary N) is 2. The Morgan fingerprint density at radius 1 is 0.714 bits per heavy atom. The summed E-state index contributed by atoms with van der Waals surface area (Å²) >= 11 is 12.6. The SMILES string of the molecule is COc1ccc2nc3cc(Cl)ccc3c(NCCCN(CCCNc3c4ccc(Cl)cc4nc4ccc(OC)cc34)C(=O)C(N)CN)c2c1. The second kappa shape index (κ2) is 15.3. The third-order valence-corrected chi connectivity index (χ3v) is 9.05. The number of benzene rings is 4. The Hall–Kier alpha value is -4.61. The minimum atomic E-state index is -0.767. The first kappa shape index (κ1) is 34.3. The number of rotatable bonds is 14. The molecule has 1 atom stereocenters. The molecule has 0 aliphatic carbocycles. The number of aromatic nitrogens is 2. The lowest BCUT2D eigenvalue weighted by Gasteiger charge is -2.26. The van der Waals surface area contributed by atoms with Gasteiger partial charge in [0, 0.05) is 64.3 Å². The van der Waals surface area contributed by atoms with Crippen molar-refractivity contribution in [3.05, 3.63) is 82.8 Å². The van der Waals surface area contributed by atoms with Crippen LogP contribution in [0.25, 0.3) is 43.6 Å². The molecule has 4 aromatic carbocycles. The fourth-order valence-corrected chi connectivity index (χ4v) is 6.39. The average molecular weight is 701 g/mol. The number of halogens is 2. The summed E-state index contributed by atoms with van der Waals surface area (Å²) in [6.07, 6.45) is 1.36. The molecule has 0 spiro atoms. The van der Waals surface area contributed by atoms with E-state index < -0.39 is 6.04 Å². The van der Waals surface area contributed by atoms with Gasteiger partial charge in [0.1, 0.15) is 11.5 Å².